The van der Waals surface area contributed by atoms with Crippen LogP contribution < -0.4 is 0 Å². The van der Waals surface area contributed by atoms with Crippen molar-refractivity contribution in [1.29, 1.82) is 0 Å². The van der Waals surface area contributed by atoms with Gasteiger partial charge < -0.3 is 5.21 Å². The van der Waals surface area contributed by atoms with Crippen LogP contribution in [0.1, 0.15) is 39.5 Å². The number of likely N-dealkylation sites (tertiary alicyclic amines) is 1. The summed E-state index contributed by atoms with van der Waals surface area (Å²) < 4.78 is 0. The van der Waals surface area contributed by atoms with Crippen molar-refractivity contribution in [2.75, 3.05) is 13.1 Å². The number of fused-ring (bicyclic) bond motifs is 2. The lowest BCUT2D eigenvalue weighted by atomic mass is 9.86. The van der Waals surface area contributed by atoms with Gasteiger partial charge in [-0.2, -0.15) is 0 Å². The van der Waals surface area contributed by atoms with E-state index in [-0.39, 0.29) is 0 Å². The van der Waals surface area contributed by atoms with Crippen molar-refractivity contribution >= 4 is 5.71 Å². The lowest BCUT2D eigenvalue weighted by molar-refractivity contribution is 0.0987. The summed E-state index contributed by atoms with van der Waals surface area (Å²) in [5, 5.41) is 12.9. The molecule has 3 aliphatic rings. The van der Waals surface area contributed by atoms with Crippen LogP contribution in [0.3, 0.4) is 0 Å². The van der Waals surface area contributed by atoms with Gasteiger partial charge in [0.15, 0.2) is 0 Å². The molecule has 3 rings (SSSR count). The van der Waals surface area contributed by atoms with E-state index in [1.54, 1.807) is 0 Å². The molecule has 3 nitrogen and oxygen atoms in total. The van der Waals surface area contributed by atoms with Crippen LogP contribution in [0, 0.1) is 23.7 Å². The molecule has 2 saturated carbocycles. The molecule has 0 aromatic heterocycles. The fraction of sp³-hybridized carbons (Fsp3) is 0.929. The zero-order chi connectivity index (χ0) is 12.0. The van der Waals surface area contributed by atoms with Crippen molar-refractivity contribution in [1.82, 2.24) is 4.90 Å². The van der Waals surface area contributed by atoms with E-state index in [9.17, 15) is 5.21 Å². The van der Waals surface area contributed by atoms with Crippen LogP contribution in [0.25, 0.3) is 0 Å². The van der Waals surface area contributed by atoms with Gasteiger partial charge in [0.2, 0.25) is 0 Å². The predicted molar refractivity (Wildman–Crippen MR) is 68.4 cm³/mol. The highest BCUT2D eigenvalue weighted by molar-refractivity contribution is 5.94. The Kier molecular flexibility index (Phi) is 2.89. The second-order valence-corrected chi connectivity index (χ2v) is 6.64. The van der Waals surface area contributed by atoms with Gasteiger partial charge in [0, 0.05) is 19.0 Å². The van der Waals surface area contributed by atoms with E-state index in [4.69, 9.17) is 0 Å². The Morgan fingerprint density at radius 2 is 1.82 bits per heavy atom. The van der Waals surface area contributed by atoms with Crippen molar-refractivity contribution in [3.8, 4) is 0 Å². The van der Waals surface area contributed by atoms with Gasteiger partial charge in [-0.15, -0.1) is 0 Å². The first-order valence-corrected chi connectivity index (χ1v) is 7.15. The molecule has 3 heteroatoms. The van der Waals surface area contributed by atoms with Gasteiger partial charge in [0.25, 0.3) is 0 Å². The number of rotatable bonds is 1. The van der Waals surface area contributed by atoms with Gasteiger partial charge in [0.05, 0.1) is 11.8 Å². The molecular weight excluding hydrogens is 212 g/mol. The third-order valence-corrected chi connectivity index (χ3v) is 5.05. The zero-order valence-electron chi connectivity index (χ0n) is 11.0. The normalized spacial score (nSPS) is 49.1. The van der Waals surface area contributed by atoms with Gasteiger partial charge in [-0.05, 0) is 43.4 Å². The third-order valence-electron chi connectivity index (χ3n) is 5.05. The molecule has 0 aromatic carbocycles. The van der Waals surface area contributed by atoms with E-state index < -0.39 is 0 Å². The number of nitrogens with zero attached hydrogens (tertiary/aromatic N) is 2. The lowest BCUT2D eigenvalue weighted by Gasteiger charge is -2.41. The standard InChI is InChI=1S/C14H24N2O/c1-9-5-10(2)8-16(7-9)14-12-4-3-11(6-12)13(14)15-17/h9-12,14,17H,3-8H2,1-2H3/b15-13-/t9-,10+,11-,12-,14+/m0/s1. The number of oxime groups is 1. The third kappa shape index (κ3) is 1.88. The molecule has 0 spiro atoms. The van der Waals surface area contributed by atoms with E-state index in [0.29, 0.717) is 12.0 Å². The van der Waals surface area contributed by atoms with Crippen LogP contribution in [0.5, 0.6) is 0 Å². The molecule has 1 aliphatic heterocycles. The Hall–Kier alpha value is -0.570. The molecule has 3 fully saturated rings. The summed E-state index contributed by atoms with van der Waals surface area (Å²) in [7, 11) is 0. The maximum absolute atomic E-state index is 9.28. The van der Waals surface area contributed by atoms with Crippen molar-refractivity contribution in [2.45, 2.75) is 45.6 Å². The minimum atomic E-state index is 0.462. The minimum Gasteiger partial charge on any atom is -0.411 e. The Bertz CT molecular complexity index is 318. The van der Waals surface area contributed by atoms with Gasteiger partial charge in [-0.25, -0.2) is 0 Å². The van der Waals surface area contributed by atoms with Crippen LogP contribution >= 0.6 is 0 Å². The first-order chi connectivity index (χ1) is 8.19. The van der Waals surface area contributed by atoms with Crippen molar-refractivity contribution in [2.24, 2.45) is 28.8 Å². The van der Waals surface area contributed by atoms with Crippen molar-refractivity contribution in [3.63, 3.8) is 0 Å². The van der Waals surface area contributed by atoms with Crippen LogP contribution in [0.15, 0.2) is 5.16 Å². The van der Waals surface area contributed by atoms with Crippen LogP contribution in [-0.2, 0) is 0 Å². The quantitative estimate of drug-likeness (QED) is 0.561. The molecule has 0 aromatic rings. The number of hydrogen-bond donors (Lipinski definition) is 1. The number of hydrogen-bond acceptors (Lipinski definition) is 3. The topological polar surface area (TPSA) is 35.8 Å². The van der Waals surface area contributed by atoms with Crippen LogP contribution in [0.4, 0.5) is 0 Å². The summed E-state index contributed by atoms with van der Waals surface area (Å²) in [5.41, 5.74) is 1.10. The highest BCUT2D eigenvalue weighted by Gasteiger charge is 2.48. The van der Waals surface area contributed by atoms with Gasteiger partial charge >= 0.3 is 0 Å². The second kappa shape index (κ2) is 4.27. The summed E-state index contributed by atoms with van der Waals surface area (Å²) in [4.78, 5) is 2.61. The summed E-state index contributed by atoms with van der Waals surface area (Å²) in [6.45, 7) is 7.09. The Labute approximate surface area is 104 Å². The van der Waals surface area contributed by atoms with E-state index in [2.05, 4.69) is 23.9 Å². The van der Waals surface area contributed by atoms with E-state index >= 15 is 0 Å². The van der Waals surface area contributed by atoms with Gasteiger partial charge in [-0.3, -0.25) is 4.90 Å². The molecule has 17 heavy (non-hydrogen) atoms. The molecule has 5 atom stereocenters. The zero-order valence-corrected chi connectivity index (χ0v) is 11.0. The summed E-state index contributed by atoms with van der Waals surface area (Å²) >= 11 is 0. The highest BCUT2D eigenvalue weighted by Crippen LogP contribution is 2.45. The Morgan fingerprint density at radius 3 is 2.47 bits per heavy atom. The molecule has 2 aliphatic carbocycles. The molecule has 1 heterocycles. The van der Waals surface area contributed by atoms with E-state index in [1.165, 1.54) is 38.8 Å². The van der Waals surface area contributed by atoms with Crippen molar-refractivity contribution < 1.29 is 5.21 Å². The first kappa shape index (κ1) is 11.5. The molecular formula is C14H24N2O. The predicted octanol–water partition coefficient (Wildman–Crippen LogP) is 2.59. The van der Waals surface area contributed by atoms with Gasteiger partial charge in [-0.1, -0.05) is 19.0 Å². The average molecular weight is 236 g/mol. The summed E-state index contributed by atoms with van der Waals surface area (Å²) in [6.07, 6.45) is 5.21. The summed E-state index contributed by atoms with van der Waals surface area (Å²) in [5.74, 6) is 2.93. The molecule has 0 unspecified atom stereocenters. The Balaban J connectivity index is 1.79. The second-order valence-electron chi connectivity index (χ2n) is 6.64. The lowest BCUT2D eigenvalue weighted by Crippen LogP contribution is -2.50. The molecule has 0 amide bonds. The highest BCUT2D eigenvalue weighted by atomic mass is 16.4. The monoisotopic (exact) mass is 236 g/mol. The number of piperidine rings is 1. The maximum Gasteiger partial charge on any atom is 0.0775 e. The van der Waals surface area contributed by atoms with Gasteiger partial charge in [0.1, 0.15) is 0 Å². The average Bonchev–Trinajstić information content (AvgIpc) is 2.86. The smallest absolute Gasteiger partial charge is 0.0775 e. The van der Waals surface area contributed by atoms with Crippen LogP contribution in [-0.4, -0.2) is 35.0 Å². The minimum absolute atomic E-state index is 0.462. The maximum atomic E-state index is 9.28. The largest absolute Gasteiger partial charge is 0.411 e. The Morgan fingerprint density at radius 1 is 1.12 bits per heavy atom. The fourth-order valence-electron chi connectivity index (χ4n) is 4.62. The van der Waals surface area contributed by atoms with E-state index in [0.717, 1.165) is 23.5 Å². The molecule has 0 radical (unpaired) electrons. The van der Waals surface area contributed by atoms with Crippen molar-refractivity contribution in [3.05, 3.63) is 0 Å². The SMILES string of the molecule is C[C@@H]1C[C@H](C)CN([C@H]2/C(=N\O)[C@H]3CC[C@H]2C3)C1. The van der Waals surface area contributed by atoms with E-state index in [1.807, 2.05) is 0 Å². The first-order valence-electron chi connectivity index (χ1n) is 7.15. The fourth-order valence-corrected chi connectivity index (χ4v) is 4.62. The van der Waals surface area contributed by atoms with Crippen LogP contribution in [0.2, 0.25) is 0 Å². The molecule has 2 bridgehead atoms. The summed E-state index contributed by atoms with van der Waals surface area (Å²) in [6, 6.07) is 0.462. The molecule has 96 valence electrons. The molecule has 1 saturated heterocycles. The molecule has 1 N–H and O–H groups in total.